The van der Waals surface area contributed by atoms with Crippen molar-refractivity contribution in [1.82, 2.24) is 0 Å². The van der Waals surface area contributed by atoms with E-state index in [1.54, 1.807) is 0 Å². The third kappa shape index (κ3) is 2.55. The minimum atomic E-state index is -0.173. The molecule has 1 unspecified atom stereocenters. The summed E-state index contributed by atoms with van der Waals surface area (Å²) in [5.74, 6) is 0. The van der Waals surface area contributed by atoms with Crippen molar-refractivity contribution in [1.29, 1.82) is 0 Å². The Labute approximate surface area is 130 Å². The average molecular weight is 296 g/mol. The molecule has 0 spiro atoms. The predicted octanol–water partition coefficient (Wildman–Crippen LogP) is 5.16. The van der Waals surface area contributed by atoms with Crippen LogP contribution >= 0.6 is 11.6 Å². The van der Waals surface area contributed by atoms with Gasteiger partial charge < -0.3 is 5.73 Å². The molecule has 0 amide bonds. The molecule has 0 saturated carbocycles. The van der Waals surface area contributed by atoms with Crippen LogP contribution in [0.3, 0.4) is 0 Å². The van der Waals surface area contributed by atoms with Crippen LogP contribution in [0.15, 0.2) is 54.6 Å². The van der Waals surface area contributed by atoms with E-state index < -0.39 is 0 Å². The zero-order valence-electron chi connectivity index (χ0n) is 12.2. The Balaban J connectivity index is 2.15. The van der Waals surface area contributed by atoms with Gasteiger partial charge in [-0.25, -0.2) is 0 Å². The number of hydrogen-bond donors (Lipinski definition) is 1. The molecular formula is C19H18ClN. The number of benzene rings is 3. The van der Waals surface area contributed by atoms with E-state index in [4.69, 9.17) is 17.3 Å². The second kappa shape index (κ2) is 5.51. The van der Waals surface area contributed by atoms with E-state index in [1.165, 1.54) is 16.3 Å². The molecule has 3 rings (SSSR count). The van der Waals surface area contributed by atoms with Gasteiger partial charge in [-0.15, -0.1) is 0 Å². The molecule has 0 radical (unpaired) electrons. The molecule has 106 valence electrons. The van der Waals surface area contributed by atoms with E-state index in [2.05, 4.69) is 49.4 Å². The van der Waals surface area contributed by atoms with E-state index in [1.807, 2.05) is 19.1 Å². The zero-order valence-corrected chi connectivity index (χ0v) is 13.0. The Kier molecular flexibility index (Phi) is 3.71. The highest BCUT2D eigenvalue weighted by Gasteiger charge is 2.13. The Bertz CT molecular complexity index is 808. The molecule has 3 aromatic rings. The summed E-state index contributed by atoms with van der Waals surface area (Å²) >= 11 is 6.23. The number of hydrogen-bond acceptors (Lipinski definition) is 1. The van der Waals surface area contributed by atoms with Crippen LogP contribution in [0.2, 0.25) is 5.02 Å². The fourth-order valence-electron chi connectivity index (χ4n) is 2.73. The largest absolute Gasteiger partial charge is 0.320 e. The molecule has 21 heavy (non-hydrogen) atoms. The minimum absolute atomic E-state index is 0.173. The summed E-state index contributed by atoms with van der Waals surface area (Å²) in [5, 5.41) is 3.23. The Hall–Kier alpha value is -1.83. The van der Waals surface area contributed by atoms with Crippen molar-refractivity contribution in [2.45, 2.75) is 19.9 Å². The third-order valence-electron chi connectivity index (χ3n) is 4.07. The van der Waals surface area contributed by atoms with Crippen LogP contribution < -0.4 is 5.73 Å². The lowest BCUT2D eigenvalue weighted by molar-refractivity contribution is 0.879. The molecule has 0 saturated heterocycles. The average Bonchev–Trinajstić information content (AvgIpc) is 2.50. The Morgan fingerprint density at radius 2 is 1.52 bits per heavy atom. The van der Waals surface area contributed by atoms with Crippen LogP contribution in [0.5, 0.6) is 0 Å². The third-order valence-corrected chi connectivity index (χ3v) is 4.47. The first-order valence-electron chi connectivity index (χ1n) is 7.08. The van der Waals surface area contributed by atoms with Gasteiger partial charge in [0.2, 0.25) is 0 Å². The van der Waals surface area contributed by atoms with Gasteiger partial charge in [0.15, 0.2) is 0 Å². The van der Waals surface area contributed by atoms with Gasteiger partial charge >= 0.3 is 0 Å². The molecule has 2 heteroatoms. The van der Waals surface area contributed by atoms with Crippen LogP contribution in [0.1, 0.15) is 28.3 Å². The predicted molar refractivity (Wildman–Crippen MR) is 90.9 cm³/mol. The van der Waals surface area contributed by atoms with Gasteiger partial charge in [-0.05, 0) is 52.9 Å². The summed E-state index contributed by atoms with van der Waals surface area (Å²) in [6.45, 7) is 4.12. The van der Waals surface area contributed by atoms with Crippen LogP contribution in [-0.2, 0) is 0 Å². The van der Waals surface area contributed by atoms with Gasteiger partial charge in [0.25, 0.3) is 0 Å². The first-order chi connectivity index (χ1) is 10.1. The summed E-state index contributed by atoms with van der Waals surface area (Å²) < 4.78 is 0. The summed E-state index contributed by atoms with van der Waals surface area (Å²) in [4.78, 5) is 0. The van der Waals surface area contributed by atoms with Gasteiger partial charge in [0.05, 0.1) is 6.04 Å². The summed E-state index contributed by atoms with van der Waals surface area (Å²) in [7, 11) is 0. The second-order valence-electron chi connectivity index (χ2n) is 5.50. The maximum atomic E-state index is 6.49. The number of halogens is 1. The van der Waals surface area contributed by atoms with Gasteiger partial charge in [0.1, 0.15) is 0 Å². The molecule has 0 heterocycles. The fourth-order valence-corrected chi connectivity index (χ4v) is 2.92. The van der Waals surface area contributed by atoms with Gasteiger partial charge in [-0.2, -0.15) is 0 Å². The van der Waals surface area contributed by atoms with Crippen LogP contribution in [-0.4, -0.2) is 0 Å². The van der Waals surface area contributed by atoms with Crippen molar-refractivity contribution < 1.29 is 0 Å². The maximum absolute atomic E-state index is 6.49. The van der Waals surface area contributed by atoms with Crippen molar-refractivity contribution in [2.24, 2.45) is 5.73 Å². The van der Waals surface area contributed by atoms with Crippen molar-refractivity contribution in [2.75, 3.05) is 0 Å². The minimum Gasteiger partial charge on any atom is -0.320 e. The first kappa shape index (κ1) is 14.1. The van der Waals surface area contributed by atoms with E-state index in [-0.39, 0.29) is 6.04 Å². The smallest absolute Gasteiger partial charge is 0.0558 e. The molecule has 0 aliphatic heterocycles. The zero-order chi connectivity index (χ0) is 15.0. The number of fused-ring (bicyclic) bond motifs is 1. The molecule has 2 N–H and O–H groups in total. The highest BCUT2D eigenvalue weighted by atomic mass is 35.5. The van der Waals surface area contributed by atoms with Crippen molar-refractivity contribution >= 4 is 22.4 Å². The fraction of sp³-hybridized carbons (Fsp3) is 0.158. The maximum Gasteiger partial charge on any atom is 0.0558 e. The molecule has 0 aliphatic carbocycles. The topological polar surface area (TPSA) is 26.0 Å². The first-order valence-corrected chi connectivity index (χ1v) is 7.45. The standard InChI is InChI=1S/C19H18ClN/c1-12-8-10-17(16-6-4-3-5-15(12)16)19(21)14-9-7-13(2)18(20)11-14/h3-11,19H,21H2,1-2H3. The molecule has 1 atom stereocenters. The molecule has 0 bridgehead atoms. The van der Waals surface area contributed by atoms with Gasteiger partial charge in [0, 0.05) is 5.02 Å². The molecule has 0 aliphatic rings. The van der Waals surface area contributed by atoms with E-state index >= 15 is 0 Å². The van der Waals surface area contributed by atoms with Crippen molar-refractivity contribution in [3.8, 4) is 0 Å². The van der Waals surface area contributed by atoms with E-state index in [0.29, 0.717) is 0 Å². The number of aryl methyl sites for hydroxylation is 2. The highest BCUT2D eigenvalue weighted by Crippen LogP contribution is 2.30. The van der Waals surface area contributed by atoms with Crippen molar-refractivity contribution in [3.63, 3.8) is 0 Å². The number of nitrogens with two attached hydrogens (primary N) is 1. The Morgan fingerprint density at radius 1 is 0.857 bits per heavy atom. The second-order valence-corrected chi connectivity index (χ2v) is 5.91. The van der Waals surface area contributed by atoms with E-state index in [9.17, 15) is 0 Å². The lowest BCUT2D eigenvalue weighted by atomic mass is 9.92. The lowest BCUT2D eigenvalue weighted by Crippen LogP contribution is -2.12. The van der Waals surface area contributed by atoms with Crippen LogP contribution in [0.4, 0.5) is 0 Å². The monoisotopic (exact) mass is 295 g/mol. The van der Waals surface area contributed by atoms with Crippen LogP contribution in [0, 0.1) is 13.8 Å². The molecular weight excluding hydrogens is 278 g/mol. The molecule has 0 aromatic heterocycles. The lowest BCUT2D eigenvalue weighted by Gasteiger charge is -2.17. The highest BCUT2D eigenvalue weighted by molar-refractivity contribution is 6.31. The number of rotatable bonds is 2. The molecule has 1 nitrogen and oxygen atoms in total. The normalized spacial score (nSPS) is 12.6. The van der Waals surface area contributed by atoms with Gasteiger partial charge in [-0.3, -0.25) is 0 Å². The summed E-state index contributed by atoms with van der Waals surface area (Å²) in [6.07, 6.45) is 0. The Morgan fingerprint density at radius 3 is 2.24 bits per heavy atom. The van der Waals surface area contributed by atoms with Gasteiger partial charge in [-0.1, -0.05) is 60.1 Å². The quantitative estimate of drug-likeness (QED) is 0.694. The van der Waals surface area contributed by atoms with Crippen LogP contribution in [0.25, 0.3) is 10.8 Å². The molecule has 3 aromatic carbocycles. The van der Waals surface area contributed by atoms with E-state index in [0.717, 1.165) is 21.7 Å². The summed E-state index contributed by atoms with van der Waals surface area (Å²) in [6, 6.07) is 18.5. The van der Waals surface area contributed by atoms with Crippen molar-refractivity contribution in [3.05, 3.63) is 81.9 Å². The molecule has 0 fully saturated rings. The summed E-state index contributed by atoms with van der Waals surface area (Å²) in [5.41, 5.74) is 11.0. The SMILES string of the molecule is Cc1ccc(C(N)c2ccc(C)c3ccccc23)cc1Cl.